The topological polar surface area (TPSA) is 53.1 Å². The molecule has 16 heavy (non-hydrogen) atoms. The van der Waals surface area contributed by atoms with E-state index in [9.17, 15) is 0 Å². The highest BCUT2D eigenvalue weighted by molar-refractivity contribution is 5.73. The first-order valence-corrected chi connectivity index (χ1v) is 5.08. The number of rotatable bonds is 3. The van der Waals surface area contributed by atoms with E-state index in [2.05, 4.69) is 11.2 Å². The number of aryl methyl sites for hydroxylation is 1. The van der Waals surface area contributed by atoms with Crippen molar-refractivity contribution in [2.45, 2.75) is 6.61 Å². The van der Waals surface area contributed by atoms with Crippen LogP contribution in [0.25, 0.3) is 11.1 Å². The minimum atomic E-state index is 0.605. The monoisotopic (exact) mass is 217 g/mol. The normalized spacial score (nSPS) is 10.6. The van der Waals surface area contributed by atoms with Crippen molar-refractivity contribution in [1.82, 2.24) is 9.78 Å². The molecule has 0 aliphatic carbocycles. The highest BCUT2D eigenvalue weighted by Crippen LogP contribution is 2.25. The minimum Gasteiger partial charge on any atom is -0.383 e. The molecule has 1 aromatic carbocycles. The third kappa shape index (κ3) is 1.92. The van der Waals surface area contributed by atoms with Crippen molar-refractivity contribution < 1.29 is 4.74 Å². The van der Waals surface area contributed by atoms with E-state index in [0.717, 1.165) is 16.7 Å². The van der Waals surface area contributed by atoms with Gasteiger partial charge in [0.15, 0.2) is 0 Å². The molecule has 2 N–H and O–H groups in total. The molecule has 0 bridgehead atoms. The molecule has 1 heterocycles. The Labute approximate surface area is 94.6 Å². The molecular formula is C12H15N3O. The third-order valence-corrected chi connectivity index (χ3v) is 2.53. The van der Waals surface area contributed by atoms with Crippen molar-refractivity contribution in [3.63, 3.8) is 0 Å². The summed E-state index contributed by atoms with van der Waals surface area (Å²) < 4.78 is 6.77. The minimum absolute atomic E-state index is 0.605. The summed E-state index contributed by atoms with van der Waals surface area (Å²) in [6, 6.07) is 8.11. The van der Waals surface area contributed by atoms with Crippen LogP contribution in [0.5, 0.6) is 0 Å². The molecule has 2 aromatic rings. The highest BCUT2D eigenvalue weighted by atomic mass is 16.5. The molecule has 0 saturated heterocycles. The van der Waals surface area contributed by atoms with Crippen LogP contribution in [0, 0.1) is 0 Å². The number of nitrogen functional groups attached to an aromatic ring is 1. The number of anilines is 1. The van der Waals surface area contributed by atoms with Crippen molar-refractivity contribution in [3.8, 4) is 11.1 Å². The molecule has 4 nitrogen and oxygen atoms in total. The molecular weight excluding hydrogens is 202 g/mol. The maximum Gasteiger partial charge on any atom is 0.129 e. The largest absolute Gasteiger partial charge is 0.383 e. The van der Waals surface area contributed by atoms with Crippen LogP contribution >= 0.6 is 0 Å². The SMILES string of the molecule is COCc1cccc(-c2cnn(C)c2N)c1. The molecule has 0 amide bonds. The summed E-state index contributed by atoms with van der Waals surface area (Å²) in [4.78, 5) is 0. The van der Waals surface area contributed by atoms with E-state index in [1.165, 1.54) is 0 Å². The molecule has 0 unspecified atom stereocenters. The van der Waals surface area contributed by atoms with E-state index < -0.39 is 0 Å². The first kappa shape index (κ1) is 10.7. The summed E-state index contributed by atoms with van der Waals surface area (Å²) in [5, 5.41) is 4.13. The van der Waals surface area contributed by atoms with Gasteiger partial charge in [-0.05, 0) is 17.2 Å². The standard InChI is InChI=1S/C12H15N3O/c1-15-12(13)11(7-14-15)10-5-3-4-9(6-10)8-16-2/h3-7H,8,13H2,1-2H3. The van der Waals surface area contributed by atoms with E-state index in [0.29, 0.717) is 12.4 Å². The van der Waals surface area contributed by atoms with Crippen LogP contribution in [-0.4, -0.2) is 16.9 Å². The zero-order chi connectivity index (χ0) is 11.5. The Hall–Kier alpha value is -1.81. The van der Waals surface area contributed by atoms with Gasteiger partial charge in [-0.25, -0.2) is 0 Å². The lowest BCUT2D eigenvalue weighted by Crippen LogP contribution is -1.98. The Kier molecular flexibility index (Phi) is 2.92. The molecule has 0 aliphatic heterocycles. The van der Waals surface area contributed by atoms with Gasteiger partial charge in [-0.2, -0.15) is 5.10 Å². The predicted molar refractivity (Wildman–Crippen MR) is 63.8 cm³/mol. The second-order valence-corrected chi connectivity index (χ2v) is 3.70. The van der Waals surface area contributed by atoms with Gasteiger partial charge in [0.1, 0.15) is 5.82 Å². The number of nitrogens with two attached hydrogens (primary N) is 1. The zero-order valence-corrected chi connectivity index (χ0v) is 9.47. The van der Waals surface area contributed by atoms with Gasteiger partial charge in [0.2, 0.25) is 0 Å². The lowest BCUT2D eigenvalue weighted by Gasteiger charge is -2.04. The summed E-state index contributed by atoms with van der Waals surface area (Å²) in [5.41, 5.74) is 9.08. The Bertz CT molecular complexity index is 491. The van der Waals surface area contributed by atoms with Gasteiger partial charge in [-0.1, -0.05) is 18.2 Å². The third-order valence-electron chi connectivity index (χ3n) is 2.53. The van der Waals surface area contributed by atoms with Gasteiger partial charge in [-0.15, -0.1) is 0 Å². The summed E-state index contributed by atoms with van der Waals surface area (Å²) >= 11 is 0. The van der Waals surface area contributed by atoms with Crippen LogP contribution in [0.4, 0.5) is 5.82 Å². The van der Waals surface area contributed by atoms with Crippen molar-refractivity contribution in [1.29, 1.82) is 0 Å². The molecule has 0 fully saturated rings. The van der Waals surface area contributed by atoms with Gasteiger partial charge in [0.25, 0.3) is 0 Å². The molecule has 2 rings (SSSR count). The Morgan fingerprint density at radius 2 is 2.25 bits per heavy atom. The number of nitrogens with zero attached hydrogens (tertiary/aromatic N) is 2. The van der Waals surface area contributed by atoms with E-state index in [1.807, 2.05) is 25.2 Å². The number of hydrogen-bond donors (Lipinski definition) is 1. The Morgan fingerprint density at radius 1 is 1.44 bits per heavy atom. The molecule has 1 aromatic heterocycles. The molecule has 0 spiro atoms. The summed E-state index contributed by atoms with van der Waals surface area (Å²) in [6.45, 7) is 0.605. The van der Waals surface area contributed by atoms with Gasteiger partial charge in [0, 0.05) is 19.7 Å². The highest BCUT2D eigenvalue weighted by Gasteiger charge is 2.07. The first-order chi connectivity index (χ1) is 7.72. The number of hydrogen-bond acceptors (Lipinski definition) is 3. The van der Waals surface area contributed by atoms with Crippen LogP contribution in [0.2, 0.25) is 0 Å². The Morgan fingerprint density at radius 3 is 2.88 bits per heavy atom. The lowest BCUT2D eigenvalue weighted by molar-refractivity contribution is 0.185. The quantitative estimate of drug-likeness (QED) is 0.853. The van der Waals surface area contributed by atoms with E-state index in [4.69, 9.17) is 10.5 Å². The molecule has 84 valence electrons. The lowest BCUT2D eigenvalue weighted by atomic mass is 10.1. The van der Waals surface area contributed by atoms with Crippen molar-refractivity contribution in [2.24, 2.45) is 7.05 Å². The van der Waals surface area contributed by atoms with E-state index >= 15 is 0 Å². The van der Waals surface area contributed by atoms with Crippen LogP contribution < -0.4 is 5.73 Å². The maximum absolute atomic E-state index is 5.93. The van der Waals surface area contributed by atoms with Crippen molar-refractivity contribution in [3.05, 3.63) is 36.0 Å². The number of benzene rings is 1. The fraction of sp³-hybridized carbons (Fsp3) is 0.250. The fourth-order valence-electron chi connectivity index (χ4n) is 1.66. The van der Waals surface area contributed by atoms with Gasteiger partial charge in [0.05, 0.1) is 12.8 Å². The van der Waals surface area contributed by atoms with Crippen LogP contribution in [0.15, 0.2) is 30.5 Å². The van der Waals surface area contributed by atoms with Crippen LogP contribution in [-0.2, 0) is 18.4 Å². The second-order valence-electron chi connectivity index (χ2n) is 3.70. The van der Waals surface area contributed by atoms with Crippen molar-refractivity contribution in [2.75, 3.05) is 12.8 Å². The average Bonchev–Trinajstić information content (AvgIpc) is 2.61. The van der Waals surface area contributed by atoms with Crippen molar-refractivity contribution >= 4 is 5.82 Å². The zero-order valence-electron chi connectivity index (χ0n) is 9.47. The van der Waals surface area contributed by atoms with E-state index in [1.54, 1.807) is 18.0 Å². The molecule has 0 radical (unpaired) electrons. The maximum atomic E-state index is 5.93. The smallest absolute Gasteiger partial charge is 0.129 e. The molecule has 0 saturated carbocycles. The summed E-state index contributed by atoms with van der Waals surface area (Å²) in [7, 11) is 3.52. The molecule has 0 atom stereocenters. The van der Waals surface area contributed by atoms with Gasteiger partial charge < -0.3 is 10.5 Å². The number of aromatic nitrogens is 2. The van der Waals surface area contributed by atoms with Crippen LogP contribution in [0.1, 0.15) is 5.56 Å². The van der Waals surface area contributed by atoms with E-state index in [-0.39, 0.29) is 0 Å². The first-order valence-electron chi connectivity index (χ1n) is 5.08. The average molecular weight is 217 g/mol. The van der Waals surface area contributed by atoms with Gasteiger partial charge >= 0.3 is 0 Å². The number of methoxy groups -OCH3 is 1. The summed E-state index contributed by atoms with van der Waals surface area (Å²) in [5.74, 6) is 0.676. The second kappa shape index (κ2) is 4.37. The molecule has 0 aliphatic rings. The fourth-order valence-corrected chi connectivity index (χ4v) is 1.66. The Balaban J connectivity index is 2.40. The summed E-state index contributed by atoms with van der Waals surface area (Å²) in [6.07, 6.45) is 1.78. The molecule has 4 heteroatoms. The van der Waals surface area contributed by atoms with Gasteiger partial charge in [-0.3, -0.25) is 4.68 Å². The predicted octanol–water partition coefficient (Wildman–Crippen LogP) is 1.82. The number of ether oxygens (including phenoxy) is 1. The van der Waals surface area contributed by atoms with Crippen LogP contribution in [0.3, 0.4) is 0 Å².